The van der Waals surface area contributed by atoms with Crippen molar-refractivity contribution in [3.63, 3.8) is 0 Å². The Morgan fingerprint density at radius 2 is 2.26 bits per heavy atom. The van der Waals surface area contributed by atoms with Crippen LogP contribution in [-0.4, -0.2) is 42.7 Å². The Kier molecular flexibility index (Phi) is 4.02. The Hall–Kier alpha value is -1.55. The predicted octanol–water partition coefficient (Wildman–Crippen LogP) is 2.80. The average molecular weight is 315 g/mol. The fraction of sp³-hybridized carbons (Fsp3) is 0.632. The van der Waals surface area contributed by atoms with Crippen LogP contribution in [0.5, 0.6) is 5.75 Å². The summed E-state index contributed by atoms with van der Waals surface area (Å²) in [5, 5.41) is 0. The monoisotopic (exact) mass is 315 g/mol. The summed E-state index contributed by atoms with van der Waals surface area (Å²) in [5.41, 5.74) is 1.25. The molecule has 1 aromatic rings. The molecule has 23 heavy (non-hydrogen) atoms. The van der Waals surface area contributed by atoms with E-state index in [2.05, 4.69) is 17.0 Å². The molecule has 0 radical (unpaired) electrons. The Labute approximate surface area is 137 Å². The summed E-state index contributed by atoms with van der Waals surface area (Å²) in [6, 6.07) is 8.53. The molecule has 3 heterocycles. The number of carbonyl (C=O) groups is 1. The number of carbonyl (C=O) groups excluding carboxylic acids is 1. The van der Waals surface area contributed by atoms with Crippen LogP contribution in [0, 0.1) is 5.92 Å². The fourth-order valence-electron chi connectivity index (χ4n) is 4.52. The maximum atomic E-state index is 13.0. The van der Waals surface area contributed by atoms with Gasteiger partial charge in [0.2, 0.25) is 5.91 Å². The van der Waals surface area contributed by atoms with Crippen LogP contribution >= 0.6 is 0 Å². The van der Waals surface area contributed by atoms with Crippen molar-refractivity contribution in [2.24, 2.45) is 5.92 Å². The molecule has 0 aliphatic carbocycles. The quantitative estimate of drug-likeness (QED) is 0.857. The van der Waals surface area contributed by atoms with Crippen molar-refractivity contribution in [2.75, 3.05) is 13.7 Å². The van der Waals surface area contributed by atoms with E-state index < -0.39 is 0 Å². The molecule has 4 heteroatoms. The minimum atomic E-state index is 0.111. The van der Waals surface area contributed by atoms with E-state index in [1.807, 2.05) is 12.1 Å². The molecule has 124 valence electrons. The first-order valence-electron chi connectivity index (χ1n) is 8.83. The van der Waals surface area contributed by atoms with E-state index in [0.717, 1.165) is 50.8 Å². The van der Waals surface area contributed by atoms with Crippen LogP contribution in [0.1, 0.15) is 37.7 Å². The Morgan fingerprint density at radius 3 is 3.00 bits per heavy atom. The highest BCUT2D eigenvalue weighted by Gasteiger charge is 2.47. The lowest BCUT2D eigenvalue weighted by Gasteiger charge is -2.29. The van der Waals surface area contributed by atoms with Gasteiger partial charge in [0.1, 0.15) is 5.75 Å². The molecule has 0 spiro atoms. The number of benzene rings is 1. The topological polar surface area (TPSA) is 38.8 Å². The van der Waals surface area contributed by atoms with Gasteiger partial charge in [0.15, 0.2) is 0 Å². The van der Waals surface area contributed by atoms with Crippen molar-refractivity contribution in [3.8, 4) is 5.75 Å². The highest BCUT2D eigenvalue weighted by atomic mass is 16.5. The number of nitrogens with zero attached hydrogens (tertiary/aromatic N) is 1. The molecule has 4 rings (SSSR count). The maximum absolute atomic E-state index is 13.0. The summed E-state index contributed by atoms with van der Waals surface area (Å²) in [6.07, 6.45) is 6.80. The van der Waals surface area contributed by atoms with Crippen LogP contribution in [0.4, 0.5) is 0 Å². The van der Waals surface area contributed by atoms with Crippen molar-refractivity contribution >= 4 is 5.91 Å². The SMILES string of the molecule is COc1cccc(CC2CCCN2C(=O)C2CC3CCC2O3)c1. The number of hydrogen-bond acceptors (Lipinski definition) is 3. The summed E-state index contributed by atoms with van der Waals surface area (Å²) >= 11 is 0. The van der Waals surface area contributed by atoms with Crippen LogP contribution < -0.4 is 4.74 Å². The Morgan fingerprint density at radius 1 is 1.35 bits per heavy atom. The normalized spacial score (nSPS) is 32.5. The molecular formula is C19H25NO3. The molecular weight excluding hydrogens is 290 g/mol. The summed E-state index contributed by atoms with van der Waals surface area (Å²) in [7, 11) is 1.69. The predicted molar refractivity (Wildman–Crippen MR) is 87.4 cm³/mol. The molecule has 3 saturated heterocycles. The zero-order valence-electron chi connectivity index (χ0n) is 13.7. The first-order chi connectivity index (χ1) is 11.2. The molecule has 3 aliphatic heterocycles. The second-order valence-electron chi connectivity index (χ2n) is 7.10. The molecule has 0 aromatic heterocycles. The molecule has 1 aromatic carbocycles. The number of hydrogen-bond donors (Lipinski definition) is 0. The summed E-state index contributed by atoms with van der Waals surface area (Å²) < 4.78 is 11.2. The minimum absolute atomic E-state index is 0.111. The first kappa shape index (κ1) is 15.0. The smallest absolute Gasteiger partial charge is 0.228 e. The molecule has 0 saturated carbocycles. The van der Waals surface area contributed by atoms with Gasteiger partial charge in [-0.3, -0.25) is 4.79 Å². The summed E-state index contributed by atoms with van der Waals surface area (Å²) in [6.45, 7) is 0.904. The Balaban J connectivity index is 1.45. The van der Waals surface area contributed by atoms with Crippen LogP contribution in [0.3, 0.4) is 0 Å². The number of methoxy groups -OCH3 is 1. The van der Waals surface area contributed by atoms with Crippen LogP contribution in [0.25, 0.3) is 0 Å². The zero-order chi connectivity index (χ0) is 15.8. The van der Waals surface area contributed by atoms with Gasteiger partial charge >= 0.3 is 0 Å². The third kappa shape index (κ3) is 2.85. The average Bonchev–Trinajstić information content (AvgIpc) is 3.31. The van der Waals surface area contributed by atoms with Gasteiger partial charge in [-0.05, 0) is 56.2 Å². The first-order valence-corrected chi connectivity index (χ1v) is 8.83. The van der Waals surface area contributed by atoms with Gasteiger partial charge in [-0.15, -0.1) is 0 Å². The summed E-state index contributed by atoms with van der Waals surface area (Å²) in [4.78, 5) is 15.1. The van der Waals surface area contributed by atoms with E-state index in [0.29, 0.717) is 18.1 Å². The molecule has 3 fully saturated rings. The van der Waals surface area contributed by atoms with Crippen molar-refractivity contribution < 1.29 is 14.3 Å². The number of rotatable bonds is 4. The van der Waals surface area contributed by atoms with E-state index in [4.69, 9.17) is 9.47 Å². The van der Waals surface area contributed by atoms with Gasteiger partial charge in [-0.1, -0.05) is 12.1 Å². The van der Waals surface area contributed by atoms with Crippen molar-refractivity contribution in [1.82, 2.24) is 4.90 Å². The highest BCUT2D eigenvalue weighted by molar-refractivity contribution is 5.80. The van der Waals surface area contributed by atoms with Crippen molar-refractivity contribution in [1.29, 1.82) is 0 Å². The second-order valence-corrected chi connectivity index (χ2v) is 7.10. The van der Waals surface area contributed by atoms with E-state index in [-0.39, 0.29) is 12.0 Å². The minimum Gasteiger partial charge on any atom is -0.497 e. The van der Waals surface area contributed by atoms with E-state index in [1.165, 1.54) is 5.56 Å². The van der Waals surface area contributed by atoms with Crippen LogP contribution in [-0.2, 0) is 16.0 Å². The summed E-state index contributed by atoms with van der Waals surface area (Å²) in [5.74, 6) is 1.34. The zero-order valence-corrected chi connectivity index (χ0v) is 13.7. The molecule has 4 unspecified atom stereocenters. The van der Waals surface area contributed by atoms with Gasteiger partial charge in [0.25, 0.3) is 0 Å². The number of fused-ring (bicyclic) bond motifs is 2. The Bertz CT molecular complexity index is 588. The van der Waals surface area contributed by atoms with Gasteiger partial charge < -0.3 is 14.4 Å². The second kappa shape index (κ2) is 6.16. The van der Waals surface area contributed by atoms with Crippen molar-refractivity contribution in [3.05, 3.63) is 29.8 Å². The molecule has 1 amide bonds. The fourth-order valence-corrected chi connectivity index (χ4v) is 4.52. The molecule has 3 aliphatic rings. The maximum Gasteiger partial charge on any atom is 0.228 e. The van der Waals surface area contributed by atoms with E-state index in [9.17, 15) is 4.79 Å². The standard InChI is InChI=1S/C19H25NO3/c1-22-15-6-2-4-13(11-15)10-14-5-3-9-20(14)19(21)17-12-16-7-8-18(17)23-16/h2,4,6,11,14,16-18H,3,5,7-10,12H2,1H3. The van der Waals surface area contributed by atoms with Gasteiger partial charge in [-0.25, -0.2) is 0 Å². The number of likely N-dealkylation sites (tertiary alicyclic amines) is 1. The van der Waals surface area contributed by atoms with Crippen LogP contribution in [0.15, 0.2) is 24.3 Å². The van der Waals surface area contributed by atoms with E-state index >= 15 is 0 Å². The molecule has 2 bridgehead atoms. The van der Waals surface area contributed by atoms with Gasteiger partial charge in [0.05, 0.1) is 25.2 Å². The van der Waals surface area contributed by atoms with Gasteiger partial charge in [0, 0.05) is 12.6 Å². The van der Waals surface area contributed by atoms with Crippen molar-refractivity contribution in [2.45, 2.75) is 56.8 Å². The lowest BCUT2D eigenvalue weighted by atomic mass is 9.88. The third-order valence-electron chi connectivity index (χ3n) is 5.69. The van der Waals surface area contributed by atoms with E-state index in [1.54, 1.807) is 7.11 Å². The van der Waals surface area contributed by atoms with Gasteiger partial charge in [-0.2, -0.15) is 0 Å². The number of ether oxygens (including phenoxy) is 2. The molecule has 0 N–H and O–H groups in total. The highest BCUT2D eigenvalue weighted by Crippen LogP contribution is 2.40. The molecule has 4 nitrogen and oxygen atoms in total. The third-order valence-corrected chi connectivity index (χ3v) is 5.69. The lowest BCUT2D eigenvalue weighted by molar-refractivity contribution is -0.138. The molecule has 4 atom stereocenters. The number of amides is 1. The lowest BCUT2D eigenvalue weighted by Crippen LogP contribution is -2.43. The largest absolute Gasteiger partial charge is 0.497 e. The van der Waals surface area contributed by atoms with Crippen LogP contribution in [0.2, 0.25) is 0 Å².